The van der Waals surface area contributed by atoms with Crippen LogP contribution in [-0.4, -0.2) is 40.1 Å². The summed E-state index contributed by atoms with van der Waals surface area (Å²) in [6.45, 7) is 3.24. The van der Waals surface area contributed by atoms with E-state index >= 15 is 0 Å². The van der Waals surface area contributed by atoms with Gasteiger partial charge in [0.25, 0.3) is 5.91 Å². The summed E-state index contributed by atoms with van der Waals surface area (Å²) in [5, 5.41) is 8.62. The average molecular weight is 418 g/mol. The van der Waals surface area contributed by atoms with Gasteiger partial charge >= 0.3 is 0 Å². The number of nitrogens with two attached hydrogens (primary N) is 1. The fraction of sp³-hybridized carbons (Fsp3) is 0.353. The first-order chi connectivity index (χ1) is 12.0. The van der Waals surface area contributed by atoms with E-state index in [1.807, 2.05) is 6.92 Å². The van der Waals surface area contributed by atoms with Crippen molar-refractivity contribution >= 4 is 41.5 Å². The van der Waals surface area contributed by atoms with Crippen molar-refractivity contribution in [3.05, 3.63) is 46.1 Å². The lowest BCUT2D eigenvalue weighted by Crippen LogP contribution is -2.35. The molecule has 1 fully saturated rings. The first kappa shape index (κ1) is 20.7. The Morgan fingerprint density at radius 3 is 2.69 bits per heavy atom. The molecular weight excluding hydrogens is 399 g/mol. The SMILES string of the molecule is CC1CC(CN)CN1C(=O)c1ccc(Oc2cccc(Cl)c2Cl)nn1.Cl. The van der Waals surface area contributed by atoms with Crippen molar-refractivity contribution in [1.82, 2.24) is 15.1 Å². The van der Waals surface area contributed by atoms with Gasteiger partial charge in [0.1, 0.15) is 10.8 Å². The van der Waals surface area contributed by atoms with E-state index in [0.717, 1.165) is 6.42 Å². The molecule has 1 aliphatic heterocycles. The monoisotopic (exact) mass is 416 g/mol. The highest BCUT2D eigenvalue weighted by atomic mass is 35.5. The van der Waals surface area contributed by atoms with Crippen LogP contribution in [0.2, 0.25) is 10.0 Å². The van der Waals surface area contributed by atoms with Gasteiger partial charge in [0, 0.05) is 18.7 Å². The Morgan fingerprint density at radius 1 is 1.31 bits per heavy atom. The molecule has 0 bridgehead atoms. The summed E-state index contributed by atoms with van der Waals surface area (Å²) < 4.78 is 5.57. The number of nitrogens with zero attached hydrogens (tertiary/aromatic N) is 3. The molecule has 1 amide bonds. The van der Waals surface area contributed by atoms with Crippen LogP contribution in [0.5, 0.6) is 11.6 Å². The molecule has 0 saturated carbocycles. The number of ether oxygens (including phenoxy) is 1. The van der Waals surface area contributed by atoms with Crippen molar-refractivity contribution < 1.29 is 9.53 Å². The van der Waals surface area contributed by atoms with Crippen molar-refractivity contribution in [3.63, 3.8) is 0 Å². The van der Waals surface area contributed by atoms with Crippen molar-refractivity contribution in [3.8, 4) is 11.6 Å². The number of aromatic nitrogens is 2. The van der Waals surface area contributed by atoms with Crippen LogP contribution in [0.1, 0.15) is 23.8 Å². The second-order valence-corrected chi connectivity index (χ2v) is 6.84. The second kappa shape index (κ2) is 8.86. The molecule has 3 rings (SSSR count). The molecular formula is C17H19Cl3N4O2. The van der Waals surface area contributed by atoms with Crippen LogP contribution in [0.25, 0.3) is 0 Å². The standard InChI is InChI=1S/C17H18Cl2N4O2.ClH/c1-10-7-11(8-20)9-23(10)17(24)13-5-6-15(22-21-13)25-14-4-2-3-12(18)16(14)19;/h2-6,10-11H,7-9,20H2,1H3;1H. The van der Waals surface area contributed by atoms with E-state index in [-0.39, 0.29) is 35.9 Å². The lowest BCUT2D eigenvalue weighted by molar-refractivity contribution is 0.0736. The highest BCUT2D eigenvalue weighted by Crippen LogP contribution is 2.34. The second-order valence-electron chi connectivity index (χ2n) is 6.05. The summed E-state index contributed by atoms with van der Waals surface area (Å²) in [4.78, 5) is 14.4. The minimum atomic E-state index is -0.150. The Hall–Kier alpha value is -1.60. The highest BCUT2D eigenvalue weighted by molar-refractivity contribution is 6.42. The molecule has 0 aliphatic carbocycles. The number of rotatable bonds is 4. The van der Waals surface area contributed by atoms with Crippen LogP contribution in [0.4, 0.5) is 0 Å². The molecule has 1 aromatic carbocycles. The third-order valence-corrected chi connectivity index (χ3v) is 5.05. The van der Waals surface area contributed by atoms with Gasteiger partial charge in [0.15, 0.2) is 5.69 Å². The number of carbonyl (C=O) groups excluding carboxylic acids is 1. The molecule has 2 N–H and O–H groups in total. The first-order valence-corrected chi connectivity index (χ1v) is 8.71. The Morgan fingerprint density at radius 2 is 2.08 bits per heavy atom. The minimum absolute atomic E-state index is 0. The number of amides is 1. The van der Waals surface area contributed by atoms with Gasteiger partial charge in [-0.3, -0.25) is 4.79 Å². The third kappa shape index (κ3) is 4.38. The van der Waals surface area contributed by atoms with Gasteiger partial charge in [0.2, 0.25) is 5.88 Å². The molecule has 0 spiro atoms. The Labute approximate surface area is 168 Å². The van der Waals surface area contributed by atoms with Crippen molar-refractivity contribution in [2.24, 2.45) is 11.7 Å². The van der Waals surface area contributed by atoms with Gasteiger partial charge in [-0.1, -0.05) is 29.3 Å². The average Bonchev–Trinajstić information content (AvgIpc) is 3.00. The lowest BCUT2D eigenvalue weighted by atomic mass is 10.1. The maximum absolute atomic E-state index is 12.6. The molecule has 2 heterocycles. The maximum Gasteiger partial charge on any atom is 0.274 e. The van der Waals surface area contributed by atoms with Crippen LogP contribution in [0.3, 0.4) is 0 Å². The first-order valence-electron chi connectivity index (χ1n) is 7.96. The summed E-state index contributed by atoms with van der Waals surface area (Å²) in [6, 6.07) is 8.37. The Kier molecular flexibility index (Phi) is 7.06. The van der Waals surface area contributed by atoms with Gasteiger partial charge in [0.05, 0.1) is 5.02 Å². The molecule has 26 heavy (non-hydrogen) atoms. The van der Waals surface area contributed by atoms with E-state index in [9.17, 15) is 4.79 Å². The summed E-state index contributed by atoms with van der Waals surface area (Å²) in [7, 11) is 0. The number of benzene rings is 1. The smallest absolute Gasteiger partial charge is 0.274 e. The zero-order chi connectivity index (χ0) is 18.0. The zero-order valence-electron chi connectivity index (χ0n) is 14.1. The molecule has 2 unspecified atom stereocenters. The predicted molar refractivity (Wildman–Crippen MR) is 103 cm³/mol. The van der Waals surface area contributed by atoms with Crippen LogP contribution in [0.15, 0.2) is 30.3 Å². The van der Waals surface area contributed by atoms with E-state index in [1.54, 1.807) is 35.2 Å². The van der Waals surface area contributed by atoms with Crippen LogP contribution < -0.4 is 10.5 Å². The van der Waals surface area contributed by atoms with E-state index in [4.69, 9.17) is 33.7 Å². The van der Waals surface area contributed by atoms with Gasteiger partial charge in [-0.2, -0.15) is 0 Å². The predicted octanol–water partition coefficient (Wildman–Crippen LogP) is 3.81. The largest absolute Gasteiger partial charge is 0.436 e. The van der Waals surface area contributed by atoms with E-state index in [1.165, 1.54) is 0 Å². The molecule has 9 heteroatoms. The van der Waals surface area contributed by atoms with Crippen LogP contribution in [0, 0.1) is 5.92 Å². The van der Waals surface area contributed by atoms with Gasteiger partial charge in [-0.15, -0.1) is 22.6 Å². The Bertz CT molecular complexity index is 773. The summed E-state index contributed by atoms with van der Waals surface area (Å²) in [6.07, 6.45) is 0.907. The molecule has 1 aromatic heterocycles. The van der Waals surface area contributed by atoms with Crippen LogP contribution >= 0.6 is 35.6 Å². The number of carbonyl (C=O) groups is 1. The van der Waals surface area contributed by atoms with E-state index in [0.29, 0.717) is 34.8 Å². The molecule has 1 aliphatic rings. The topological polar surface area (TPSA) is 81.3 Å². The third-order valence-electron chi connectivity index (χ3n) is 4.25. The summed E-state index contributed by atoms with van der Waals surface area (Å²) in [5.41, 5.74) is 5.98. The molecule has 140 valence electrons. The molecule has 2 aromatic rings. The Balaban J connectivity index is 0.00000243. The number of hydrogen-bond donors (Lipinski definition) is 1. The fourth-order valence-corrected chi connectivity index (χ4v) is 3.24. The van der Waals surface area contributed by atoms with Crippen molar-refractivity contribution in [1.29, 1.82) is 0 Å². The zero-order valence-corrected chi connectivity index (χ0v) is 16.4. The quantitative estimate of drug-likeness (QED) is 0.818. The molecule has 6 nitrogen and oxygen atoms in total. The van der Waals surface area contributed by atoms with Crippen molar-refractivity contribution in [2.75, 3.05) is 13.1 Å². The number of hydrogen-bond acceptors (Lipinski definition) is 5. The fourth-order valence-electron chi connectivity index (χ4n) is 2.91. The minimum Gasteiger partial charge on any atom is -0.436 e. The molecule has 0 radical (unpaired) electrons. The highest BCUT2D eigenvalue weighted by Gasteiger charge is 2.32. The molecule has 1 saturated heterocycles. The summed E-state index contributed by atoms with van der Waals surface area (Å²) >= 11 is 12.0. The van der Waals surface area contributed by atoms with Gasteiger partial charge < -0.3 is 15.4 Å². The van der Waals surface area contributed by atoms with Crippen molar-refractivity contribution in [2.45, 2.75) is 19.4 Å². The van der Waals surface area contributed by atoms with E-state index in [2.05, 4.69) is 10.2 Å². The summed E-state index contributed by atoms with van der Waals surface area (Å²) in [5.74, 6) is 0.791. The van der Waals surface area contributed by atoms with Gasteiger partial charge in [-0.05, 0) is 44.0 Å². The molecule has 2 atom stereocenters. The number of likely N-dealkylation sites (tertiary alicyclic amines) is 1. The number of halogens is 3. The maximum atomic E-state index is 12.6. The van der Waals surface area contributed by atoms with E-state index < -0.39 is 0 Å². The van der Waals surface area contributed by atoms with Gasteiger partial charge in [-0.25, -0.2) is 0 Å². The normalized spacial score (nSPS) is 19.2. The lowest BCUT2D eigenvalue weighted by Gasteiger charge is -2.20. The van der Waals surface area contributed by atoms with Crippen LogP contribution in [-0.2, 0) is 0 Å².